The largest absolute Gasteiger partial charge is 0.495 e. The molecule has 182 valence electrons. The summed E-state index contributed by atoms with van der Waals surface area (Å²) in [5.41, 5.74) is 2.97. The monoisotopic (exact) mass is 494 g/mol. The van der Waals surface area contributed by atoms with Crippen LogP contribution in [0.4, 0.5) is 5.69 Å². The number of halogens is 1. The molecule has 35 heavy (non-hydrogen) atoms. The highest BCUT2D eigenvalue weighted by Crippen LogP contribution is 2.30. The van der Waals surface area contributed by atoms with Gasteiger partial charge in [-0.1, -0.05) is 41.9 Å². The molecule has 1 atom stereocenters. The lowest BCUT2D eigenvalue weighted by Crippen LogP contribution is -2.42. The first kappa shape index (κ1) is 23.4. The summed E-state index contributed by atoms with van der Waals surface area (Å²) in [5.74, 6) is 0.198. The molecule has 1 aromatic heterocycles. The zero-order valence-electron chi connectivity index (χ0n) is 19.4. The lowest BCUT2D eigenvalue weighted by atomic mass is 9.95. The van der Waals surface area contributed by atoms with Gasteiger partial charge in [-0.05, 0) is 36.6 Å². The number of rotatable bonds is 5. The van der Waals surface area contributed by atoms with Crippen molar-refractivity contribution in [2.75, 3.05) is 25.5 Å². The van der Waals surface area contributed by atoms with Crippen LogP contribution in [-0.4, -0.2) is 46.5 Å². The van der Waals surface area contributed by atoms with Gasteiger partial charge in [0.2, 0.25) is 5.91 Å². The van der Waals surface area contributed by atoms with Gasteiger partial charge in [0, 0.05) is 24.7 Å². The second-order valence-corrected chi connectivity index (χ2v) is 9.21. The molecule has 2 aromatic carbocycles. The molecule has 0 spiro atoms. The summed E-state index contributed by atoms with van der Waals surface area (Å²) in [7, 11) is 1.54. The molecule has 2 aliphatic rings. The van der Waals surface area contributed by atoms with Gasteiger partial charge in [0.15, 0.2) is 5.69 Å². The number of nitrogens with zero attached hydrogens (tertiary/aromatic N) is 3. The normalized spacial score (nSPS) is 18.1. The number of nitrogens with one attached hydrogen (secondary N) is 1. The first-order valence-corrected chi connectivity index (χ1v) is 12.1. The van der Waals surface area contributed by atoms with E-state index in [1.807, 2.05) is 34.9 Å². The number of benzene rings is 2. The Bertz CT molecular complexity index is 1220. The maximum absolute atomic E-state index is 13.2. The molecule has 5 rings (SSSR count). The standard InChI is InChI=1S/C26H27ClN4O4/c1-34-22-8-7-19(13-20(22)27)29-25(32)18-9-11-30(12-10-18)26(33)24-21-15-35-23(14-31(21)16-28-24)17-5-3-2-4-6-17/h2-8,13,16,18,23H,9-12,14-15H2,1H3,(H,29,32). The first-order chi connectivity index (χ1) is 17.0. The van der Waals surface area contributed by atoms with Crippen molar-refractivity contribution in [1.82, 2.24) is 14.5 Å². The van der Waals surface area contributed by atoms with E-state index in [-0.39, 0.29) is 23.8 Å². The van der Waals surface area contributed by atoms with Gasteiger partial charge in [-0.25, -0.2) is 4.98 Å². The molecule has 3 aromatic rings. The molecule has 1 N–H and O–H groups in total. The fourth-order valence-corrected chi connectivity index (χ4v) is 4.92. The number of hydrogen-bond donors (Lipinski definition) is 1. The van der Waals surface area contributed by atoms with Gasteiger partial charge in [0.25, 0.3) is 5.91 Å². The van der Waals surface area contributed by atoms with E-state index in [0.29, 0.717) is 61.2 Å². The molecule has 0 radical (unpaired) electrons. The molecule has 8 nitrogen and oxygen atoms in total. The van der Waals surface area contributed by atoms with Crippen molar-refractivity contribution >= 4 is 29.1 Å². The van der Waals surface area contributed by atoms with E-state index in [0.717, 1.165) is 11.3 Å². The molecule has 1 saturated heterocycles. The van der Waals surface area contributed by atoms with Crippen molar-refractivity contribution in [3.63, 3.8) is 0 Å². The van der Waals surface area contributed by atoms with E-state index in [1.165, 1.54) is 0 Å². The SMILES string of the molecule is COc1ccc(NC(=O)C2CCN(C(=O)c3ncn4c3COC(c3ccccc3)C4)CC2)cc1Cl. The third-order valence-electron chi connectivity index (χ3n) is 6.68. The quantitative estimate of drug-likeness (QED) is 0.571. The number of piperidine rings is 1. The zero-order chi connectivity index (χ0) is 24.4. The van der Waals surface area contributed by atoms with Crippen LogP contribution in [0.3, 0.4) is 0 Å². The second kappa shape index (κ2) is 10.1. The molecule has 2 aliphatic heterocycles. The maximum Gasteiger partial charge on any atom is 0.274 e. The number of hydrogen-bond acceptors (Lipinski definition) is 5. The number of aromatic nitrogens is 2. The smallest absolute Gasteiger partial charge is 0.274 e. The zero-order valence-corrected chi connectivity index (χ0v) is 20.2. The fraction of sp³-hybridized carbons (Fsp3) is 0.346. The molecule has 2 amide bonds. The molecule has 1 unspecified atom stereocenters. The van der Waals surface area contributed by atoms with Crippen LogP contribution in [0.5, 0.6) is 5.75 Å². The first-order valence-electron chi connectivity index (χ1n) is 11.7. The van der Waals surface area contributed by atoms with Crippen molar-refractivity contribution in [1.29, 1.82) is 0 Å². The summed E-state index contributed by atoms with van der Waals surface area (Å²) < 4.78 is 13.2. The van der Waals surface area contributed by atoms with Crippen molar-refractivity contribution < 1.29 is 19.1 Å². The number of ether oxygens (including phenoxy) is 2. The van der Waals surface area contributed by atoms with Crippen molar-refractivity contribution in [3.05, 3.63) is 76.8 Å². The van der Waals surface area contributed by atoms with E-state index in [1.54, 1.807) is 36.5 Å². The molecule has 9 heteroatoms. The third-order valence-corrected chi connectivity index (χ3v) is 6.97. The number of imidazole rings is 1. The van der Waals surface area contributed by atoms with Crippen LogP contribution in [0.25, 0.3) is 0 Å². The Kier molecular flexibility index (Phi) is 6.74. The van der Waals surface area contributed by atoms with Gasteiger partial charge in [0.05, 0.1) is 37.3 Å². The highest BCUT2D eigenvalue weighted by atomic mass is 35.5. The average Bonchev–Trinajstić information content (AvgIpc) is 3.32. The number of carbonyl (C=O) groups is 2. The number of likely N-dealkylation sites (tertiary alicyclic amines) is 1. The van der Waals surface area contributed by atoms with E-state index in [9.17, 15) is 9.59 Å². The predicted octanol–water partition coefficient (Wildman–Crippen LogP) is 4.31. The van der Waals surface area contributed by atoms with Crippen LogP contribution in [0.15, 0.2) is 54.9 Å². The summed E-state index contributed by atoms with van der Waals surface area (Å²) in [6.45, 7) is 1.96. The Morgan fingerprint density at radius 3 is 2.63 bits per heavy atom. The highest BCUT2D eigenvalue weighted by Gasteiger charge is 2.32. The van der Waals surface area contributed by atoms with Crippen molar-refractivity contribution in [2.45, 2.75) is 32.1 Å². The predicted molar refractivity (Wildman–Crippen MR) is 131 cm³/mol. The molecular formula is C26H27ClN4O4. The van der Waals surface area contributed by atoms with E-state index in [2.05, 4.69) is 10.3 Å². The molecule has 1 fully saturated rings. The van der Waals surface area contributed by atoms with Gasteiger partial charge in [-0.2, -0.15) is 0 Å². The number of methoxy groups -OCH3 is 1. The Balaban J connectivity index is 1.18. The van der Waals surface area contributed by atoms with Crippen LogP contribution in [0.2, 0.25) is 5.02 Å². The van der Waals surface area contributed by atoms with Crippen LogP contribution in [-0.2, 0) is 22.7 Å². The van der Waals surface area contributed by atoms with Gasteiger partial charge in [0.1, 0.15) is 11.9 Å². The summed E-state index contributed by atoms with van der Waals surface area (Å²) in [6.07, 6.45) is 2.84. The van der Waals surface area contributed by atoms with Gasteiger partial charge in [-0.3, -0.25) is 9.59 Å². The third kappa shape index (κ3) is 4.90. The van der Waals surface area contributed by atoms with Crippen molar-refractivity contribution in [3.8, 4) is 5.75 Å². The highest BCUT2D eigenvalue weighted by molar-refractivity contribution is 6.32. The van der Waals surface area contributed by atoms with Crippen LogP contribution in [0.1, 0.15) is 40.7 Å². The maximum atomic E-state index is 13.2. The minimum atomic E-state index is -0.175. The van der Waals surface area contributed by atoms with E-state index in [4.69, 9.17) is 21.1 Å². The summed E-state index contributed by atoms with van der Waals surface area (Å²) in [6, 6.07) is 15.2. The van der Waals surface area contributed by atoms with Crippen LogP contribution in [0, 0.1) is 5.92 Å². The Morgan fingerprint density at radius 1 is 1.14 bits per heavy atom. The molecule has 0 saturated carbocycles. The Labute approximate surface area is 208 Å². The van der Waals surface area contributed by atoms with E-state index < -0.39 is 0 Å². The van der Waals surface area contributed by atoms with Crippen LogP contribution >= 0.6 is 11.6 Å². The molecular weight excluding hydrogens is 468 g/mol. The van der Waals surface area contributed by atoms with Crippen molar-refractivity contribution in [2.24, 2.45) is 5.92 Å². The Morgan fingerprint density at radius 2 is 1.91 bits per heavy atom. The van der Waals surface area contributed by atoms with Gasteiger partial charge >= 0.3 is 0 Å². The minimum absolute atomic E-state index is 0.0595. The second-order valence-electron chi connectivity index (χ2n) is 8.81. The Hall–Kier alpha value is -3.36. The number of anilines is 1. The molecule has 3 heterocycles. The minimum Gasteiger partial charge on any atom is -0.495 e. The summed E-state index contributed by atoms with van der Waals surface area (Å²) >= 11 is 6.15. The molecule has 0 aliphatic carbocycles. The van der Waals surface area contributed by atoms with Gasteiger partial charge < -0.3 is 24.3 Å². The number of amides is 2. The lowest BCUT2D eigenvalue weighted by molar-refractivity contribution is -0.121. The summed E-state index contributed by atoms with van der Waals surface area (Å²) in [4.78, 5) is 32.2. The lowest BCUT2D eigenvalue weighted by Gasteiger charge is -2.31. The summed E-state index contributed by atoms with van der Waals surface area (Å²) in [5, 5.41) is 3.36. The topological polar surface area (TPSA) is 85.7 Å². The molecule has 0 bridgehead atoms. The van der Waals surface area contributed by atoms with Gasteiger partial charge in [-0.15, -0.1) is 0 Å². The number of fused-ring (bicyclic) bond motifs is 1. The van der Waals surface area contributed by atoms with E-state index >= 15 is 0 Å². The fourth-order valence-electron chi connectivity index (χ4n) is 4.66. The number of carbonyl (C=O) groups excluding carboxylic acids is 2. The van der Waals surface area contributed by atoms with Crippen LogP contribution < -0.4 is 10.1 Å². The average molecular weight is 495 g/mol.